The summed E-state index contributed by atoms with van der Waals surface area (Å²) in [6, 6.07) is 1.81. The normalized spacial score (nSPS) is 10.3. The van der Waals surface area contributed by atoms with Gasteiger partial charge in [-0.3, -0.25) is 9.67 Å². The van der Waals surface area contributed by atoms with Gasteiger partial charge >= 0.3 is 0 Å². The van der Waals surface area contributed by atoms with Crippen molar-refractivity contribution in [2.75, 3.05) is 11.9 Å². The summed E-state index contributed by atoms with van der Waals surface area (Å²) in [7, 11) is 1.91. The van der Waals surface area contributed by atoms with Crippen LogP contribution in [0.25, 0.3) is 0 Å². The van der Waals surface area contributed by atoms with E-state index in [9.17, 15) is 0 Å². The molecule has 3 N–H and O–H groups in total. The van der Waals surface area contributed by atoms with Crippen molar-refractivity contribution < 1.29 is 0 Å². The van der Waals surface area contributed by atoms with Crippen molar-refractivity contribution in [3.8, 4) is 0 Å². The Labute approximate surface area is 111 Å². The number of aromatic nitrogens is 3. The van der Waals surface area contributed by atoms with Crippen LogP contribution in [0.2, 0.25) is 0 Å². The first-order valence-corrected chi connectivity index (χ1v) is 6.03. The fourth-order valence-electron chi connectivity index (χ4n) is 1.69. The molecule has 0 unspecified atom stereocenters. The maximum absolute atomic E-state index is 5.65. The third kappa shape index (κ3) is 3.04. The van der Waals surface area contributed by atoms with Gasteiger partial charge in [-0.1, -0.05) is 12.2 Å². The van der Waals surface area contributed by atoms with E-state index in [0.717, 1.165) is 24.2 Å². The Balaban J connectivity index is 1.96. The van der Waals surface area contributed by atoms with E-state index in [1.807, 2.05) is 25.5 Å². The van der Waals surface area contributed by atoms with Gasteiger partial charge < -0.3 is 11.1 Å². The maximum Gasteiger partial charge on any atom is 0.106 e. The van der Waals surface area contributed by atoms with Crippen LogP contribution in [0, 0.1) is 0 Å². The molecule has 0 bridgehead atoms. The summed E-state index contributed by atoms with van der Waals surface area (Å²) in [6.07, 6.45) is 8.16. The van der Waals surface area contributed by atoms with Crippen molar-refractivity contribution in [1.29, 1.82) is 0 Å². The summed E-state index contributed by atoms with van der Waals surface area (Å²) >= 11 is 4.99. The van der Waals surface area contributed by atoms with E-state index in [1.54, 1.807) is 17.1 Å². The first-order valence-electron chi connectivity index (χ1n) is 5.62. The summed E-state index contributed by atoms with van der Waals surface area (Å²) in [4.78, 5) is 4.44. The molecule has 0 aliphatic carbocycles. The van der Waals surface area contributed by atoms with E-state index >= 15 is 0 Å². The Hall–Kier alpha value is -1.95. The highest BCUT2D eigenvalue weighted by Crippen LogP contribution is 2.13. The van der Waals surface area contributed by atoms with E-state index < -0.39 is 0 Å². The second kappa shape index (κ2) is 5.59. The summed E-state index contributed by atoms with van der Waals surface area (Å²) < 4.78 is 1.79. The minimum Gasteiger partial charge on any atom is -0.389 e. The highest BCUT2D eigenvalue weighted by Gasteiger charge is 2.04. The van der Waals surface area contributed by atoms with Gasteiger partial charge in [0, 0.05) is 31.5 Å². The molecule has 2 rings (SSSR count). The van der Waals surface area contributed by atoms with Gasteiger partial charge in [0.2, 0.25) is 0 Å². The van der Waals surface area contributed by atoms with Gasteiger partial charge in [0.25, 0.3) is 0 Å². The molecular formula is C12H15N5S. The lowest BCUT2D eigenvalue weighted by Gasteiger charge is -2.09. The highest BCUT2D eigenvalue weighted by molar-refractivity contribution is 7.80. The maximum atomic E-state index is 5.65. The standard InChI is InChI=1S/C12H15N5S/c1-17-8-9(6-16-17)2-5-15-11-7-14-4-3-10(11)12(13)18/h3-4,6-8,15H,2,5H2,1H3,(H2,13,18). The molecule has 2 aromatic rings. The van der Waals surface area contributed by atoms with Crippen molar-refractivity contribution >= 4 is 22.9 Å². The number of thiocarbonyl (C=S) groups is 1. The van der Waals surface area contributed by atoms with Gasteiger partial charge in [0.15, 0.2) is 0 Å². The van der Waals surface area contributed by atoms with E-state index in [1.165, 1.54) is 5.56 Å². The third-order valence-electron chi connectivity index (χ3n) is 2.57. The Morgan fingerprint density at radius 1 is 1.50 bits per heavy atom. The van der Waals surface area contributed by atoms with Crippen LogP contribution in [0.1, 0.15) is 11.1 Å². The van der Waals surface area contributed by atoms with E-state index in [2.05, 4.69) is 15.4 Å². The number of nitrogens with one attached hydrogen (secondary N) is 1. The van der Waals surface area contributed by atoms with E-state index in [4.69, 9.17) is 18.0 Å². The van der Waals surface area contributed by atoms with Gasteiger partial charge in [-0.25, -0.2) is 0 Å². The molecule has 0 radical (unpaired) electrons. The van der Waals surface area contributed by atoms with Gasteiger partial charge in [-0.05, 0) is 18.1 Å². The minimum absolute atomic E-state index is 0.376. The molecule has 6 heteroatoms. The van der Waals surface area contributed by atoms with Crippen molar-refractivity contribution in [2.45, 2.75) is 6.42 Å². The second-order valence-corrected chi connectivity index (χ2v) is 4.42. The Morgan fingerprint density at radius 2 is 2.33 bits per heavy atom. The summed E-state index contributed by atoms with van der Waals surface area (Å²) in [6.45, 7) is 0.785. The fraction of sp³-hybridized carbons (Fsp3) is 0.250. The van der Waals surface area contributed by atoms with Crippen LogP contribution in [0.4, 0.5) is 5.69 Å². The van der Waals surface area contributed by atoms with Crippen LogP contribution < -0.4 is 11.1 Å². The molecule has 0 aromatic carbocycles. The van der Waals surface area contributed by atoms with E-state index in [-0.39, 0.29) is 0 Å². The number of hydrogen-bond donors (Lipinski definition) is 2. The quantitative estimate of drug-likeness (QED) is 0.789. The second-order valence-electron chi connectivity index (χ2n) is 3.98. The number of nitrogens with zero attached hydrogens (tertiary/aromatic N) is 3. The minimum atomic E-state index is 0.376. The fourth-order valence-corrected chi connectivity index (χ4v) is 1.87. The smallest absolute Gasteiger partial charge is 0.106 e. The number of rotatable bonds is 5. The molecule has 0 spiro atoms. The Morgan fingerprint density at radius 3 is 3.00 bits per heavy atom. The summed E-state index contributed by atoms with van der Waals surface area (Å²) in [5.74, 6) is 0. The number of pyridine rings is 1. The van der Waals surface area contributed by atoms with Gasteiger partial charge in [0.1, 0.15) is 4.99 Å². The third-order valence-corrected chi connectivity index (χ3v) is 2.79. The van der Waals surface area contributed by atoms with Crippen LogP contribution in [-0.4, -0.2) is 26.3 Å². The van der Waals surface area contributed by atoms with Crippen LogP contribution in [0.5, 0.6) is 0 Å². The molecule has 2 aromatic heterocycles. The van der Waals surface area contributed by atoms with Crippen molar-refractivity contribution in [3.05, 3.63) is 42.0 Å². The number of hydrogen-bond acceptors (Lipinski definition) is 4. The predicted octanol–water partition coefficient (Wildman–Crippen LogP) is 1.10. The van der Waals surface area contributed by atoms with Crippen molar-refractivity contribution in [2.24, 2.45) is 12.8 Å². The van der Waals surface area contributed by atoms with Gasteiger partial charge in [0.05, 0.1) is 18.1 Å². The van der Waals surface area contributed by atoms with Crippen molar-refractivity contribution in [1.82, 2.24) is 14.8 Å². The topological polar surface area (TPSA) is 68.8 Å². The summed E-state index contributed by atoms with van der Waals surface area (Å²) in [5, 5.41) is 7.41. The summed E-state index contributed by atoms with van der Waals surface area (Å²) in [5.41, 5.74) is 8.53. The van der Waals surface area contributed by atoms with Gasteiger partial charge in [-0.2, -0.15) is 5.10 Å². The molecule has 0 saturated heterocycles. The average Bonchev–Trinajstić information content (AvgIpc) is 2.75. The lowest BCUT2D eigenvalue weighted by atomic mass is 10.2. The first-order chi connectivity index (χ1) is 8.66. The predicted molar refractivity (Wildman–Crippen MR) is 75.5 cm³/mol. The molecule has 0 aliphatic rings. The Bertz CT molecular complexity index is 549. The molecule has 0 fully saturated rings. The zero-order valence-corrected chi connectivity index (χ0v) is 10.9. The molecule has 0 atom stereocenters. The van der Waals surface area contributed by atoms with Crippen molar-refractivity contribution in [3.63, 3.8) is 0 Å². The lowest BCUT2D eigenvalue weighted by Crippen LogP contribution is -2.14. The average molecular weight is 261 g/mol. The highest BCUT2D eigenvalue weighted by atomic mass is 32.1. The molecular weight excluding hydrogens is 246 g/mol. The monoisotopic (exact) mass is 261 g/mol. The first kappa shape index (κ1) is 12.5. The number of anilines is 1. The largest absolute Gasteiger partial charge is 0.389 e. The number of nitrogens with two attached hydrogens (primary N) is 1. The van der Waals surface area contributed by atoms with Crippen LogP contribution >= 0.6 is 12.2 Å². The molecule has 0 saturated carbocycles. The molecule has 0 aliphatic heterocycles. The molecule has 0 amide bonds. The molecule has 2 heterocycles. The van der Waals surface area contributed by atoms with Crippen LogP contribution in [0.3, 0.4) is 0 Å². The van der Waals surface area contributed by atoms with Crippen LogP contribution in [0.15, 0.2) is 30.9 Å². The SMILES string of the molecule is Cn1cc(CCNc2cnccc2C(N)=S)cn1. The molecule has 18 heavy (non-hydrogen) atoms. The number of aryl methyl sites for hydroxylation is 1. The molecule has 94 valence electrons. The zero-order chi connectivity index (χ0) is 13.0. The Kier molecular flexibility index (Phi) is 3.88. The zero-order valence-electron chi connectivity index (χ0n) is 10.1. The van der Waals surface area contributed by atoms with Gasteiger partial charge in [-0.15, -0.1) is 0 Å². The van der Waals surface area contributed by atoms with Crippen LogP contribution in [-0.2, 0) is 13.5 Å². The lowest BCUT2D eigenvalue weighted by molar-refractivity contribution is 0.767. The van der Waals surface area contributed by atoms with E-state index in [0.29, 0.717) is 4.99 Å². The molecule has 5 nitrogen and oxygen atoms in total.